The Kier molecular flexibility index (Phi) is 7.37. The number of benzene rings is 2. The molecule has 1 aliphatic heterocycles. The Hall–Kier alpha value is -2.51. The van der Waals surface area contributed by atoms with Gasteiger partial charge in [-0.2, -0.15) is 4.98 Å². The summed E-state index contributed by atoms with van der Waals surface area (Å²) in [4.78, 5) is 19.9. The minimum Gasteiger partial charge on any atom is -0.349 e. The van der Waals surface area contributed by atoms with E-state index in [1.165, 1.54) is 11.1 Å². The van der Waals surface area contributed by atoms with E-state index in [1.807, 2.05) is 36.4 Å². The molecule has 2 atom stereocenters. The zero-order chi connectivity index (χ0) is 22.5. The van der Waals surface area contributed by atoms with Gasteiger partial charge < -0.3 is 9.84 Å². The van der Waals surface area contributed by atoms with Crippen molar-refractivity contribution in [2.24, 2.45) is 5.92 Å². The summed E-state index contributed by atoms with van der Waals surface area (Å²) in [5, 5.41) is 7.41. The number of hydrogen-bond acceptors (Lipinski definition) is 5. The lowest BCUT2D eigenvalue weighted by Gasteiger charge is -2.32. The predicted molar refractivity (Wildman–Crippen MR) is 128 cm³/mol. The number of carbonyl (C=O) groups excluding carboxylic acids is 1. The molecule has 0 radical (unpaired) electrons. The molecule has 1 aliphatic rings. The molecule has 3 aromatic rings. The molecule has 0 spiro atoms. The molecule has 1 saturated heterocycles. The van der Waals surface area contributed by atoms with E-state index in [0.29, 0.717) is 24.8 Å². The van der Waals surface area contributed by atoms with E-state index in [4.69, 9.17) is 4.52 Å². The first-order valence-corrected chi connectivity index (χ1v) is 12.0. The second kappa shape index (κ2) is 10.4. The number of piperidine rings is 1. The van der Waals surface area contributed by atoms with Crippen LogP contribution < -0.4 is 5.32 Å². The summed E-state index contributed by atoms with van der Waals surface area (Å²) >= 11 is 3.47. The third-order valence-corrected chi connectivity index (χ3v) is 6.57. The van der Waals surface area contributed by atoms with Gasteiger partial charge in [-0.25, -0.2) is 0 Å². The number of aryl methyl sites for hydroxylation is 1. The summed E-state index contributed by atoms with van der Waals surface area (Å²) in [5.74, 6) is 1.25. The van der Waals surface area contributed by atoms with Gasteiger partial charge in [-0.15, -0.1) is 0 Å². The molecular weight excluding hydrogens is 468 g/mol. The van der Waals surface area contributed by atoms with Crippen molar-refractivity contribution in [2.75, 3.05) is 13.1 Å². The van der Waals surface area contributed by atoms with E-state index in [2.05, 4.69) is 62.3 Å². The van der Waals surface area contributed by atoms with Crippen LogP contribution in [0.2, 0.25) is 0 Å². The van der Waals surface area contributed by atoms with E-state index < -0.39 is 0 Å². The van der Waals surface area contributed by atoms with E-state index in [9.17, 15) is 4.79 Å². The zero-order valence-electron chi connectivity index (χ0n) is 18.6. The van der Waals surface area contributed by atoms with E-state index in [0.717, 1.165) is 35.8 Å². The fourth-order valence-electron chi connectivity index (χ4n) is 4.34. The van der Waals surface area contributed by atoms with Crippen LogP contribution in [0.25, 0.3) is 11.4 Å². The average molecular weight is 497 g/mol. The lowest BCUT2D eigenvalue weighted by atomic mass is 9.94. The van der Waals surface area contributed by atoms with Crippen molar-refractivity contribution in [3.8, 4) is 11.4 Å². The standard InChI is InChI=1S/C25H29BrN4O2/c1-3-22(21-12-5-4-8-17(21)2)27-25(31)19-10-7-13-30(15-19)16-23-28-24(29-32-23)18-9-6-11-20(26)14-18/h4-6,8-9,11-12,14,19,22H,3,7,10,13,15-16H2,1-2H3,(H,27,31). The van der Waals surface area contributed by atoms with Crippen LogP contribution in [0.3, 0.4) is 0 Å². The van der Waals surface area contributed by atoms with Gasteiger partial charge >= 0.3 is 0 Å². The molecule has 1 amide bonds. The van der Waals surface area contributed by atoms with E-state index >= 15 is 0 Å². The summed E-state index contributed by atoms with van der Waals surface area (Å²) in [6.45, 7) is 6.39. The van der Waals surface area contributed by atoms with Gasteiger partial charge in [-0.05, 0) is 56.0 Å². The van der Waals surface area contributed by atoms with E-state index in [1.54, 1.807) is 0 Å². The summed E-state index contributed by atoms with van der Waals surface area (Å²) in [7, 11) is 0. The van der Waals surface area contributed by atoms with Crippen LogP contribution in [0.4, 0.5) is 0 Å². The summed E-state index contributed by atoms with van der Waals surface area (Å²) in [6.07, 6.45) is 2.75. The number of rotatable bonds is 7. The first kappa shape index (κ1) is 22.7. The second-order valence-corrected chi connectivity index (χ2v) is 9.34. The molecule has 168 valence electrons. The van der Waals surface area contributed by atoms with Gasteiger partial charge in [0.1, 0.15) is 0 Å². The fourth-order valence-corrected chi connectivity index (χ4v) is 4.73. The van der Waals surface area contributed by atoms with Crippen molar-refractivity contribution in [1.29, 1.82) is 0 Å². The predicted octanol–water partition coefficient (Wildman–Crippen LogP) is 5.29. The molecule has 0 aliphatic carbocycles. The molecule has 4 rings (SSSR count). The van der Waals surface area contributed by atoms with Gasteiger partial charge in [0.2, 0.25) is 17.6 Å². The molecule has 32 heavy (non-hydrogen) atoms. The molecule has 7 heteroatoms. The highest BCUT2D eigenvalue weighted by atomic mass is 79.9. The number of carbonyl (C=O) groups is 1. The van der Waals surface area contributed by atoms with Crippen LogP contribution >= 0.6 is 15.9 Å². The molecule has 6 nitrogen and oxygen atoms in total. The minimum atomic E-state index is -0.0331. The van der Waals surface area contributed by atoms with Crippen LogP contribution in [-0.4, -0.2) is 34.0 Å². The minimum absolute atomic E-state index is 0.0331. The molecule has 1 N–H and O–H groups in total. The Morgan fingerprint density at radius 2 is 2.12 bits per heavy atom. The number of nitrogens with one attached hydrogen (secondary N) is 1. The van der Waals surface area contributed by atoms with Gasteiger partial charge in [-0.1, -0.05) is 64.4 Å². The van der Waals surface area contributed by atoms with Crippen molar-refractivity contribution in [3.63, 3.8) is 0 Å². The molecule has 2 aromatic carbocycles. The summed E-state index contributed by atoms with van der Waals surface area (Å²) in [5.41, 5.74) is 3.32. The quantitative estimate of drug-likeness (QED) is 0.481. The first-order chi connectivity index (χ1) is 15.5. The SMILES string of the molecule is CCC(NC(=O)C1CCCN(Cc2nc(-c3cccc(Br)c3)no2)C1)c1ccccc1C. The number of nitrogens with zero attached hydrogens (tertiary/aromatic N) is 3. The topological polar surface area (TPSA) is 71.3 Å². The van der Waals surface area contributed by atoms with Crippen LogP contribution in [0.15, 0.2) is 57.5 Å². The normalized spacial score (nSPS) is 17.8. The third-order valence-electron chi connectivity index (χ3n) is 6.07. The zero-order valence-corrected chi connectivity index (χ0v) is 20.1. The highest BCUT2D eigenvalue weighted by Gasteiger charge is 2.28. The Balaban J connectivity index is 1.37. The first-order valence-electron chi connectivity index (χ1n) is 11.2. The van der Waals surface area contributed by atoms with Crippen LogP contribution in [0, 0.1) is 12.8 Å². The van der Waals surface area contributed by atoms with Gasteiger partial charge in [-0.3, -0.25) is 9.69 Å². The van der Waals surface area contributed by atoms with Crippen LogP contribution in [-0.2, 0) is 11.3 Å². The molecular formula is C25H29BrN4O2. The summed E-state index contributed by atoms with van der Waals surface area (Å²) < 4.78 is 6.47. The smallest absolute Gasteiger partial charge is 0.241 e. The molecule has 2 unspecified atom stereocenters. The lowest BCUT2D eigenvalue weighted by Crippen LogP contribution is -2.43. The van der Waals surface area contributed by atoms with Crippen molar-refractivity contribution in [1.82, 2.24) is 20.4 Å². The lowest BCUT2D eigenvalue weighted by molar-refractivity contribution is -0.127. The monoisotopic (exact) mass is 496 g/mol. The molecule has 2 heterocycles. The fraction of sp³-hybridized carbons (Fsp3) is 0.400. The van der Waals surface area contributed by atoms with Crippen LogP contribution in [0.5, 0.6) is 0 Å². The maximum Gasteiger partial charge on any atom is 0.241 e. The maximum absolute atomic E-state index is 13.1. The highest BCUT2D eigenvalue weighted by Crippen LogP contribution is 2.25. The van der Waals surface area contributed by atoms with Crippen molar-refractivity contribution >= 4 is 21.8 Å². The maximum atomic E-state index is 13.1. The molecule has 0 bridgehead atoms. The average Bonchev–Trinajstić information content (AvgIpc) is 3.26. The van der Waals surface area contributed by atoms with Crippen molar-refractivity contribution in [2.45, 2.75) is 45.7 Å². The number of halogens is 1. The van der Waals surface area contributed by atoms with Gasteiger partial charge in [0.15, 0.2) is 0 Å². The Bertz CT molecular complexity index is 1070. The number of amides is 1. The van der Waals surface area contributed by atoms with Crippen molar-refractivity contribution < 1.29 is 9.32 Å². The van der Waals surface area contributed by atoms with E-state index in [-0.39, 0.29) is 17.9 Å². The van der Waals surface area contributed by atoms with Crippen molar-refractivity contribution in [3.05, 3.63) is 70.0 Å². The molecule has 0 saturated carbocycles. The Morgan fingerprint density at radius 3 is 2.91 bits per heavy atom. The highest BCUT2D eigenvalue weighted by molar-refractivity contribution is 9.10. The Morgan fingerprint density at radius 1 is 1.28 bits per heavy atom. The van der Waals surface area contributed by atoms with Gasteiger partial charge in [0.05, 0.1) is 18.5 Å². The Labute approximate surface area is 197 Å². The largest absolute Gasteiger partial charge is 0.349 e. The number of hydrogen-bond donors (Lipinski definition) is 1. The second-order valence-electron chi connectivity index (χ2n) is 8.42. The van der Waals surface area contributed by atoms with Gasteiger partial charge in [0, 0.05) is 16.6 Å². The van der Waals surface area contributed by atoms with Crippen LogP contribution in [0.1, 0.15) is 49.2 Å². The number of likely N-dealkylation sites (tertiary alicyclic amines) is 1. The third kappa shape index (κ3) is 5.45. The number of aromatic nitrogens is 2. The summed E-state index contributed by atoms with van der Waals surface area (Å²) in [6, 6.07) is 16.2. The molecule has 1 fully saturated rings. The van der Waals surface area contributed by atoms with Gasteiger partial charge in [0.25, 0.3) is 0 Å². The molecule has 1 aromatic heterocycles.